The van der Waals surface area contributed by atoms with E-state index in [1.54, 1.807) is 0 Å². The zero-order valence-corrected chi connectivity index (χ0v) is 10.00. The van der Waals surface area contributed by atoms with Gasteiger partial charge in [-0.05, 0) is 13.3 Å². The van der Waals surface area contributed by atoms with Gasteiger partial charge in [0.25, 0.3) is 0 Å². The Morgan fingerprint density at radius 3 is 3.00 bits per heavy atom. The molecule has 0 saturated carbocycles. The van der Waals surface area contributed by atoms with Gasteiger partial charge in [0, 0.05) is 12.3 Å². The molecule has 1 saturated heterocycles. The van der Waals surface area contributed by atoms with E-state index in [2.05, 4.69) is 5.32 Å². The summed E-state index contributed by atoms with van der Waals surface area (Å²) in [5.41, 5.74) is 0. The summed E-state index contributed by atoms with van der Waals surface area (Å²) in [6, 6.07) is -0.978. The molecule has 1 aliphatic heterocycles. The van der Waals surface area contributed by atoms with Crippen LogP contribution in [-0.4, -0.2) is 46.2 Å². The van der Waals surface area contributed by atoms with Crippen molar-refractivity contribution in [2.45, 2.75) is 19.4 Å². The molecular weight excluding hydrogens is 228 g/mol. The van der Waals surface area contributed by atoms with E-state index in [4.69, 9.17) is 5.11 Å². The highest BCUT2D eigenvalue weighted by atomic mass is 32.2. The van der Waals surface area contributed by atoms with Crippen LogP contribution in [0, 0.1) is 0 Å². The van der Waals surface area contributed by atoms with Crippen LogP contribution in [0.15, 0.2) is 12.2 Å². The zero-order chi connectivity index (χ0) is 12.0. The highest BCUT2D eigenvalue weighted by Gasteiger charge is 2.34. The number of allylic oxidation sites excluding steroid dienone is 1. The third kappa shape index (κ3) is 3.44. The maximum absolute atomic E-state index is 11.6. The van der Waals surface area contributed by atoms with Crippen LogP contribution >= 0.6 is 11.8 Å². The van der Waals surface area contributed by atoms with Gasteiger partial charge in [0.2, 0.25) is 0 Å². The zero-order valence-electron chi connectivity index (χ0n) is 9.18. The lowest BCUT2D eigenvalue weighted by atomic mass is 10.3. The molecule has 1 heterocycles. The summed E-state index contributed by atoms with van der Waals surface area (Å²) >= 11 is 1.46. The van der Waals surface area contributed by atoms with Crippen LogP contribution in [0.2, 0.25) is 0 Å². The van der Waals surface area contributed by atoms with E-state index in [1.165, 1.54) is 16.7 Å². The minimum Gasteiger partial charge on any atom is -0.480 e. The van der Waals surface area contributed by atoms with Crippen LogP contribution in [-0.2, 0) is 4.79 Å². The molecule has 2 amide bonds. The number of rotatable bonds is 4. The number of nitrogens with one attached hydrogen (secondary N) is 1. The molecule has 0 aromatic heterocycles. The summed E-state index contributed by atoms with van der Waals surface area (Å²) in [5.74, 6) is -0.0158. The Kier molecular flexibility index (Phi) is 5.18. The first kappa shape index (κ1) is 12.9. The maximum atomic E-state index is 11.6. The Bertz CT molecular complexity index is 294. The van der Waals surface area contributed by atoms with E-state index in [1.807, 2.05) is 19.1 Å². The highest BCUT2D eigenvalue weighted by molar-refractivity contribution is 7.99. The van der Waals surface area contributed by atoms with Crippen molar-refractivity contribution in [1.29, 1.82) is 0 Å². The number of carboxylic acid groups (broad SMARTS) is 1. The summed E-state index contributed by atoms with van der Waals surface area (Å²) in [6.45, 7) is 2.45. The average molecular weight is 244 g/mol. The number of thioether (sulfide) groups is 1. The van der Waals surface area contributed by atoms with E-state index in [9.17, 15) is 9.59 Å². The minimum atomic E-state index is -0.936. The molecule has 1 fully saturated rings. The van der Waals surface area contributed by atoms with Gasteiger partial charge in [0.05, 0.1) is 5.88 Å². The second kappa shape index (κ2) is 6.42. The SMILES string of the molecule is C/C=C/CCNC(=O)N1CSCC1C(=O)O. The van der Waals surface area contributed by atoms with Gasteiger partial charge in [0.1, 0.15) is 6.04 Å². The third-order valence-corrected chi connectivity index (χ3v) is 3.26. The fourth-order valence-electron chi connectivity index (χ4n) is 1.38. The number of carbonyl (C=O) groups excluding carboxylic acids is 1. The molecule has 1 rings (SSSR count). The Morgan fingerprint density at radius 1 is 1.62 bits per heavy atom. The fourth-order valence-corrected chi connectivity index (χ4v) is 2.52. The van der Waals surface area contributed by atoms with Crippen LogP contribution in [0.4, 0.5) is 4.79 Å². The van der Waals surface area contributed by atoms with Crippen molar-refractivity contribution < 1.29 is 14.7 Å². The van der Waals surface area contributed by atoms with Crippen molar-refractivity contribution in [3.8, 4) is 0 Å². The van der Waals surface area contributed by atoms with Gasteiger partial charge < -0.3 is 15.3 Å². The van der Waals surface area contributed by atoms with Crippen LogP contribution in [0.5, 0.6) is 0 Å². The van der Waals surface area contributed by atoms with Gasteiger partial charge in [-0.15, -0.1) is 11.8 Å². The third-order valence-electron chi connectivity index (χ3n) is 2.25. The Balaban J connectivity index is 2.38. The van der Waals surface area contributed by atoms with Crippen molar-refractivity contribution in [3.05, 3.63) is 12.2 Å². The first-order valence-electron chi connectivity index (χ1n) is 5.13. The molecule has 2 N–H and O–H groups in total. The first-order valence-corrected chi connectivity index (χ1v) is 6.28. The molecule has 0 bridgehead atoms. The predicted molar refractivity (Wildman–Crippen MR) is 63.4 cm³/mol. The molecule has 1 atom stereocenters. The van der Waals surface area contributed by atoms with Crippen molar-refractivity contribution in [2.75, 3.05) is 18.2 Å². The number of hydrogen-bond donors (Lipinski definition) is 2. The second-order valence-electron chi connectivity index (χ2n) is 3.41. The highest BCUT2D eigenvalue weighted by Crippen LogP contribution is 2.20. The fraction of sp³-hybridized carbons (Fsp3) is 0.600. The van der Waals surface area contributed by atoms with Gasteiger partial charge in [-0.3, -0.25) is 0 Å². The van der Waals surface area contributed by atoms with Gasteiger partial charge in [-0.25, -0.2) is 9.59 Å². The number of hydrogen-bond acceptors (Lipinski definition) is 3. The molecule has 16 heavy (non-hydrogen) atoms. The topological polar surface area (TPSA) is 69.6 Å². The lowest BCUT2D eigenvalue weighted by molar-refractivity contribution is -0.140. The molecule has 5 nitrogen and oxygen atoms in total. The normalized spacial score (nSPS) is 20.3. The number of urea groups is 1. The monoisotopic (exact) mass is 244 g/mol. The lowest BCUT2D eigenvalue weighted by Gasteiger charge is -2.20. The maximum Gasteiger partial charge on any atom is 0.327 e. The van der Waals surface area contributed by atoms with Gasteiger partial charge in [-0.1, -0.05) is 12.2 Å². The smallest absolute Gasteiger partial charge is 0.327 e. The van der Waals surface area contributed by atoms with Gasteiger partial charge in [-0.2, -0.15) is 0 Å². The predicted octanol–water partition coefficient (Wildman–Crippen LogP) is 1.12. The Morgan fingerprint density at radius 2 is 2.38 bits per heavy atom. The van der Waals surface area contributed by atoms with Crippen molar-refractivity contribution in [3.63, 3.8) is 0 Å². The number of nitrogens with zero attached hydrogens (tertiary/aromatic N) is 1. The van der Waals surface area contributed by atoms with E-state index < -0.39 is 12.0 Å². The molecule has 0 aromatic rings. The Labute approximate surface area is 98.9 Å². The van der Waals surface area contributed by atoms with E-state index >= 15 is 0 Å². The largest absolute Gasteiger partial charge is 0.480 e. The molecule has 1 aliphatic rings. The van der Waals surface area contributed by atoms with Gasteiger partial charge in [0.15, 0.2) is 0 Å². The van der Waals surface area contributed by atoms with E-state index in [0.29, 0.717) is 18.2 Å². The summed E-state index contributed by atoms with van der Waals surface area (Å²) < 4.78 is 0. The summed E-state index contributed by atoms with van der Waals surface area (Å²) in [4.78, 5) is 23.8. The Hall–Kier alpha value is -1.17. The summed E-state index contributed by atoms with van der Waals surface area (Å²) in [7, 11) is 0. The molecule has 1 unspecified atom stereocenters. The lowest BCUT2D eigenvalue weighted by Crippen LogP contribution is -2.47. The average Bonchev–Trinajstić information content (AvgIpc) is 2.73. The molecule has 0 aromatic carbocycles. The van der Waals surface area contributed by atoms with Crippen LogP contribution in [0.25, 0.3) is 0 Å². The number of carbonyl (C=O) groups is 2. The number of aliphatic carboxylic acids is 1. The second-order valence-corrected chi connectivity index (χ2v) is 4.41. The van der Waals surface area contributed by atoms with Gasteiger partial charge >= 0.3 is 12.0 Å². The van der Waals surface area contributed by atoms with Crippen molar-refractivity contribution >= 4 is 23.8 Å². The standard InChI is InChI=1S/C10H16N2O3S/c1-2-3-4-5-11-10(15)12-7-16-6-8(12)9(13)14/h2-3,8H,4-7H2,1H3,(H,11,15)(H,13,14)/b3-2+. The van der Waals surface area contributed by atoms with E-state index in [0.717, 1.165) is 6.42 Å². The number of carboxylic acids is 1. The first-order chi connectivity index (χ1) is 7.66. The van der Waals surface area contributed by atoms with Crippen molar-refractivity contribution in [2.24, 2.45) is 0 Å². The van der Waals surface area contributed by atoms with E-state index in [-0.39, 0.29) is 6.03 Å². The quantitative estimate of drug-likeness (QED) is 0.574. The molecule has 0 aliphatic carbocycles. The summed E-state index contributed by atoms with van der Waals surface area (Å²) in [5, 5.41) is 11.6. The van der Waals surface area contributed by atoms with Crippen LogP contribution in [0.3, 0.4) is 0 Å². The summed E-state index contributed by atoms with van der Waals surface area (Å²) in [6.07, 6.45) is 4.63. The van der Waals surface area contributed by atoms with Crippen LogP contribution < -0.4 is 5.32 Å². The molecule has 90 valence electrons. The molecule has 6 heteroatoms. The van der Waals surface area contributed by atoms with Crippen molar-refractivity contribution in [1.82, 2.24) is 10.2 Å². The van der Waals surface area contributed by atoms with Crippen LogP contribution in [0.1, 0.15) is 13.3 Å². The minimum absolute atomic E-state index is 0.290. The molecular formula is C10H16N2O3S. The molecule has 0 radical (unpaired) electrons. The molecule has 0 spiro atoms. The number of amides is 2.